The van der Waals surface area contributed by atoms with Gasteiger partial charge in [0.15, 0.2) is 0 Å². The summed E-state index contributed by atoms with van der Waals surface area (Å²) in [6.07, 6.45) is 3.73. The fourth-order valence-corrected chi connectivity index (χ4v) is 4.77. The fourth-order valence-electron chi connectivity index (χ4n) is 2.44. The Morgan fingerprint density at radius 1 is 1.16 bits per heavy atom. The molecule has 0 spiro atoms. The van der Waals surface area contributed by atoms with Gasteiger partial charge in [-0.3, -0.25) is 4.98 Å². The molecule has 0 aliphatic heterocycles. The molecule has 1 N–H and O–H groups in total. The van der Waals surface area contributed by atoms with E-state index in [0.29, 0.717) is 12.0 Å². The first kappa shape index (κ1) is 12.8. The smallest absolute Gasteiger partial charge is 0.0480 e. The number of aromatic nitrogens is 1. The van der Waals surface area contributed by atoms with Crippen LogP contribution in [0.3, 0.4) is 0 Å². The van der Waals surface area contributed by atoms with Gasteiger partial charge in [-0.05, 0) is 42.3 Å². The molecule has 0 saturated carbocycles. The highest BCUT2D eigenvalue weighted by Crippen LogP contribution is 2.38. The van der Waals surface area contributed by atoms with Crippen LogP contribution in [0.4, 0.5) is 0 Å². The summed E-state index contributed by atoms with van der Waals surface area (Å²) in [6, 6.07) is 9.09. The third kappa shape index (κ3) is 2.43. The van der Waals surface area contributed by atoms with Crippen molar-refractivity contribution in [2.75, 3.05) is 7.05 Å². The van der Waals surface area contributed by atoms with Crippen molar-refractivity contribution in [1.82, 2.24) is 10.3 Å². The van der Waals surface area contributed by atoms with Gasteiger partial charge in [-0.1, -0.05) is 6.92 Å². The summed E-state index contributed by atoms with van der Waals surface area (Å²) >= 11 is 3.71. The predicted octanol–water partition coefficient (Wildman–Crippen LogP) is 4.42. The van der Waals surface area contributed by atoms with Crippen molar-refractivity contribution >= 4 is 32.1 Å². The first-order valence-electron chi connectivity index (χ1n) is 6.33. The monoisotopic (exact) mass is 288 g/mol. The second kappa shape index (κ2) is 5.41. The van der Waals surface area contributed by atoms with Crippen molar-refractivity contribution in [2.24, 2.45) is 0 Å². The van der Waals surface area contributed by atoms with Gasteiger partial charge in [-0.15, -0.1) is 22.7 Å². The number of hydrogen-bond donors (Lipinski definition) is 1. The van der Waals surface area contributed by atoms with Crippen LogP contribution in [0, 0.1) is 0 Å². The van der Waals surface area contributed by atoms with Crippen LogP contribution in [0.2, 0.25) is 0 Å². The van der Waals surface area contributed by atoms with Crippen LogP contribution >= 0.6 is 22.7 Å². The van der Waals surface area contributed by atoms with Crippen LogP contribution in [0.25, 0.3) is 9.40 Å². The quantitative estimate of drug-likeness (QED) is 0.768. The van der Waals surface area contributed by atoms with Crippen LogP contribution in [0.1, 0.15) is 29.3 Å². The topological polar surface area (TPSA) is 24.9 Å². The second-order valence-corrected chi connectivity index (χ2v) is 6.70. The Balaban J connectivity index is 1.94. The molecule has 2 unspecified atom stereocenters. The van der Waals surface area contributed by atoms with Crippen LogP contribution in [-0.4, -0.2) is 12.0 Å². The number of pyridine rings is 1. The van der Waals surface area contributed by atoms with Gasteiger partial charge in [0.05, 0.1) is 0 Å². The number of nitrogens with one attached hydrogen (secondary N) is 1. The normalized spacial score (nSPS) is 14.6. The van der Waals surface area contributed by atoms with Gasteiger partial charge in [-0.25, -0.2) is 0 Å². The Kier molecular flexibility index (Phi) is 3.64. The van der Waals surface area contributed by atoms with Crippen molar-refractivity contribution in [3.05, 3.63) is 52.5 Å². The molecule has 0 fully saturated rings. The summed E-state index contributed by atoms with van der Waals surface area (Å²) in [4.78, 5) is 5.51. The fraction of sp³-hybridized carbons (Fsp3) is 0.267. The van der Waals surface area contributed by atoms with Crippen LogP contribution in [0.15, 0.2) is 42.0 Å². The summed E-state index contributed by atoms with van der Waals surface area (Å²) in [5.41, 5.74) is 1.33. The van der Waals surface area contributed by atoms with Crippen molar-refractivity contribution < 1.29 is 0 Å². The first-order valence-corrected chi connectivity index (χ1v) is 8.03. The van der Waals surface area contributed by atoms with Crippen molar-refractivity contribution in [3.63, 3.8) is 0 Å². The Morgan fingerprint density at radius 2 is 1.95 bits per heavy atom. The number of fused-ring (bicyclic) bond motifs is 1. The molecule has 3 aromatic heterocycles. The Bertz CT molecular complexity index is 628. The van der Waals surface area contributed by atoms with E-state index in [0.717, 1.165) is 0 Å². The molecule has 0 bridgehead atoms. The molecule has 0 aliphatic carbocycles. The molecule has 0 aromatic carbocycles. The van der Waals surface area contributed by atoms with E-state index in [4.69, 9.17) is 0 Å². The molecular formula is C15H16N2S2. The Labute approximate surface area is 121 Å². The summed E-state index contributed by atoms with van der Waals surface area (Å²) < 4.78 is 2.78. The average Bonchev–Trinajstić information content (AvgIpc) is 3.02. The van der Waals surface area contributed by atoms with Gasteiger partial charge in [0.25, 0.3) is 0 Å². The summed E-state index contributed by atoms with van der Waals surface area (Å²) in [7, 11) is 2.04. The van der Waals surface area contributed by atoms with Gasteiger partial charge < -0.3 is 5.32 Å². The van der Waals surface area contributed by atoms with Crippen molar-refractivity contribution in [3.8, 4) is 0 Å². The lowest BCUT2D eigenvalue weighted by molar-refractivity contribution is 0.515. The largest absolute Gasteiger partial charge is 0.312 e. The maximum Gasteiger partial charge on any atom is 0.0480 e. The summed E-state index contributed by atoms with van der Waals surface area (Å²) in [5, 5.41) is 5.62. The third-order valence-electron chi connectivity index (χ3n) is 3.51. The molecule has 0 amide bonds. The zero-order chi connectivity index (χ0) is 13.2. The minimum Gasteiger partial charge on any atom is -0.312 e. The van der Waals surface area contributed by atoms with E-state index in [-0.39, 0.29) is 0 Å². The molecule has 0 saturated heterocycles. The zero-order valence-corrected chi connectivity index (χ0v) is 12.6. The van der Waals surface area contributed by atoms with Gasteiger partial charge in [0.2, 0.25) is 0 Å². The second-order valence-electron chi connectivity index (χ2n) is 4.63. The van der Waals surface area contributed by atoms with Gasteiger partial charge in [-0.2, -0.15) is 0 Å². The zero-order valence-electron chi connectivity index (χ0n) is 11.0. The van der Waals surface area contributed by atoms with Gasteiger partial charge in [0.1, 0.15) is 0 Å². The summed E-state index contributed by atoms with van der Waals surface area (Å²) in [5.74, 6) is 0.431. The third-order valence-corrected chi connectivity index (χ3v) is 5.68. The maximum absolute atomic E-state index is 4.10. The molecule has 19 heavy (non-hydrogen) atoms. The van der Waals surface area contributed by atoms with E-state index in [1.807, 2.05) is 42.1 Å². The lowest BCUT2D eigenvalue weighted by Gasteiger charge is -2.22. The van der Waals surface area contributed by atoms with E-state index >= 15 is 0 Å². The number of thiophene rings is 2. The number of likely N-dealkylation sites (N-methyl/N-ethyl adjacent to an activating group) is 1. The minimum atomic E-state index is 0.354. The molecule has 0 radical (unpaired) electrons. The Morgan fingerprint density at radius 3 is 2.63 bits per heavy atom. The van der Waals surface area contributed by atoms with E-state index in [1.54, 1.807) is 0 Å². The molecule has 98 valence electrons. The maximum atomic E-state index is 4.10. The van der Waals surface area contributed by atoms with Crippen LogP contribution < -0.4 is 5.32 Å². The molecule has 3 aromatic rings. The van der Waals surface area contributed by atoms with Gasteiger partial charge >= 0.3 is 0 Å². The standard InChI is InChI=1S/C15H16N2S2/c1-10(11-3-6-17-7-4-11)15(16-2)14-9-13-12(19-14)5-8-18-13/h3-10,15-16H,1-2H3. The van der Waals surface area contributed by atoms with E-state index in [2.05, 4.69) is 46.9 Å². The summed E-state index contributed by atoms with van der Waals surface area (Å²) in [6.45, 7) is 2.27. The highest BCUT2D eigenvalue weighted by atomic mass is 32.1. The van der Waals surface area contributed by atoms with Crippen molar-refractivity contribution in [2.45, 2.75) is 18.9 Å². The lowest BCUT2D eigenvalue weighted by atomic mass is 9.93. The van der Waals surface area contributed by atoms with E-state index in [9.17, 15) is 0 Å². The Hall–Kier alpha value is -1.23. The molecule has 3 heterocycles. The average molecular weight is 288 g/mol. The molecule has 3 rings (SSSR count). The first-order chi connectivity index (χ1) is 9.29. The molecule has 2 atom stereocenters. The number of nitrogens with zero attached hydrogens (tertiary/aromatic N) is 1. The number of rotatable bonds is 4. The highest BCUT2D eigenvalue weighted by molar-refractivity contribution is 7.26. The highest BCUT2D eigenvalue weighted by Gasteiger charge is 2.21. The molecule has 2 nitrogen and oxygen atoms in total. The van der Waals surface area contributed by atoms with Crippen LogP contribution in [0.5, 0.6) is 0 Å². The molecule has 4 heteroatoms. The van der Waals surface area contributed by atoms with Crippen LogP contribution in [-0.2, 0) is 0 Å². The van der Waals surface area contributed by atoms with E-state index < -0.39 is 0 Å². The SMILES string of the molecule is CNC(c1cc2sccc2s1)C(C)c1ccncc1. The lowest BCUT2D eigenvalue weighted by Crippen LogP contribution is -2.21. The van der Waals surface area contributed by atoms with Crippen molar-refractivity contribution in [1.29, 1.82) is 0 Å². The molecular weight excluding hydrogens is 272 g/mol. The minimum absolute atomic E-state index is 0.354. The molecule has 0 aliphatic rings. The number of hydrogen-bond acceptors (Lipinski definition) is 4. The van der Waals surface area contributed by atoms with E-state index in [1.165, 1.54) is 19.8 Å². The predicted molar refractivity (Wildman–Crippen MR) is 84.2 cm³/mol. The van der Waals surface area contributed by atoms with Gasteiger partial charge in [0, 0.05) is 38.6 Å².